The Bertz CT molecular complexity index is 343. The van der Waals surface area contributed by atoms with Crippen molar-refractivity contribution in [2.24, 2.45) is 11.8 Å². The average Bonchev–Trinajstić information content (AvgIpc) is 3.15. The predicted molar refractivity (Wildman–Crippen MR) is 67.5 cm³/mol. The van der Waals surface area contributed by atoms with E-state index in [4.69, 9.17) is 5.73 Å². The summed E-state index contributed by atoms with van der Waals surface area (Å²) in [7, 11) is 0. The Morgan fingerprint density at radius 3 is 2.56 bits per heavy atom. The lowest BCUT2D eigenvalue weighted by molar-refractivity contribution is 0.419. The molecular formula is C12H19N3S. The first-order valence-electron chi connectivity index (χ1n) is 6.26. The Balaban J connectivity index is 1.44. The van der Waals surface area contributed by atoms with Crippen molar-refractivity contribution < 1.29 is 0 Å². The molecule has 0 bridgehead atoms. The highest BCUT2D eigenvalue weighted by Crippen LogP contribution is 2.44. The fourth-order valence-electron chi connectivity index (χ4n) is 2.43. The first-order valence-corrected chi connectivity index (χ1v) is 7.14. The van der Waals surface area contributed by atoms with E-state index in [1.165, 1.54) is 37.0 Å². The van der Waals surface area contributed by atoms with Crippen molar-refractivity contribution >= 4 is 16.5 Å². The number of aromatic nitrogens is 1. The van der Waals surface area contributed by atoms with E-state index in [0.717, 1.165) is 36.5 Å². The Morgan fingerprint density at radius 1 is 1.38 bits per heavy atom. The number of rotatable bonds is 6. The molecule has 0 amide bonds. The van der Waals surface area contributed by atoms with Gasteiger partial charge in [0.2, 0.25) is 0 Å². The molecule has 2 fully saturated rings. The lowest BCUT2D eigenvalue weighted by Crippen LogP contribution is -2.34. The second-order valence-electron chi connectivity index (χ2n) is 5.08. The van der Waals surface area contributed by atoms with Gasteiger partial charge in [0.15, 0.2) is 5.13 Å². The molecule has 0 atom stereocenters. The number of hydrogen-bond acceptors (Lipinski definition) is 4. The van der Waals surface area contributed by atoms with Crippen LogP contribution in [0.2, 0.25) is 0 Å². The van der Waals surface area contributed by atoms with Gasteiger partial charge in [-0.1, -0.05) is 0 Å². The summed E-state index contributed by atoms with van der Waals surface area (Å²) >= 11 is 1.54. The topological polar surface area (TPSA) is 50.9 Å². The van der Waals surface area contributed by atoms with Crippen molar-refractivity contribution in [1.29, 1.82) is 0 Å². The van der Waals surface area contributed by atoms with Crippen LogP contribution in [0.4, 0.5) is 5.13 Å². The van der Waals surface area contributed by atoms with Gasteiger partial charge in [-0.2, -0.15) is 0 Å². The van der Waals surface area contributed by atoms with E-state index < -0.39 is 0 Å². The summed E-state index contributed by atoms with van der Waals surface area (Å²) in [6, 6.07) is 0.802. The van der Waals surface area contributed by atoms with Gasteiger partial charge in [-0.25, -0.2) is 4.98 Å². The fraction of sp³-hybridized carbons (Fsp3) is 0.750. The summed E-state index contributed by atoms with van der Waals surface area (Å²) in [5.41, 5.74) is 6.75. The Hall–Kier alpha value is -0.610. The lowest BCUT2D eigenvalue weighted by atomic mass is 10.1. The van der Waals surface area contributed by atoms with Gasteiger partial charge in [0.05, 0.1) is 5.69 Å². The second kappa shape index (κ2) is 4.34. The highest BCUT2D eigenvalue weighted by molar-refractivity contribution is 7.13. The molecule has 3 rings (SSSR count). The van der Waals surface area contributed by atoms with E-state index in [9.17, 15) is 0 Å². The van der Waals surface area contributed by atoms with Crippen LogP contribution in [0, 0.1) is 11.8 Å². The quantitative estimate of drug-likeness (QED) is 0.796. The first-order chi connectivity index (χ1) is 7.83. The Labute approximate surface area is 100 Å². The summed E-state index contributed by atoms with van der Waals surface area (Å²) < 4.78 is 0. The molecule has 0 aromatic carbocycles. The third kappa shape index (κ3) is 2.55. The second-order valence-corrected chi connectivity index (χ2v) is 5.97. The molecule has 2 saturated carbocycles. The minimum absolute atomic E-state index is 0.691. The van der Waals surface area contributed by atoms with Crippen LogP contribution in [0.5, 0.6) is 0 Å². The molecule has 0 unspecified atom stereocenters. The van der Waals surface area contributed by atoms with Gasteiger partial charge in [0.25, 0.3) is 0 Å². The number of nitrogens with zero attached hydrogens (tertiary/aromatic N) is 1. The normalized spacial score (nSPS) is 20.6. The number of hydrogen-bond donors (Lipinski definition) is 2. The average molecular weight is 237 g/mol. The number of nitrogens with two attached hydrogens (primary N) is 1. The zero-order valence-electron chi connectivity index (χ0n) is 9.48. The first kappa shape index (κ1) is 10.5. The summed E-state index contributed by atoms with van der Waals surface area (Å²) in [5, 5.41) is 6.49. The van der Waals surface area contributed by atoms with Crippen molar-refractivity contribution in [3.8, 4) is 0 Å². The minimum Gasteiger partial charge on any atom is -0.375 e. The Kier molecular flexibility index (Phi) is 2.86. The highest BCUT2D eigenvalue weighted by atomic mass is 32.1. The van der Waals surface area contributed by atoms with Gasteiger partial charge in [-0.05, 0) is 37.5 Å². The molecule has 1 aromatic rings. The van der Waals surface area contributed by atoms with Gasteiger partial charge in [-0.15, -0.1) is 11.3 Å². The van der Waals surface area contributed by atoms with Crippen LogP contribution in [0.1, 0.15) is 31.4 Å². The van der Waals surface area contributed by atoms with Crippen LogP contribution >= 0.6 is 11.3 Å². The largest absolute Gasteiger partial charge is 0.375 e. The molecule has 1 aromatic heterocycles. The standard InChI is InChI=1S/C12H19N3S/c13-12-15-10(7-16-12)5-6-14-11(8-1-2-8)9-3-4-9/h7-9,11,14H,1-6H2,(H2,13,15). The van der Waals surface area contributed by atoms with Gasteiger partial charge in [0.1, 0.15) is 0 Å². The smallest absolute Gasteiger partial charge is 0.180 e. The minimum atomic E-state index is 0.691. The maximum atomic E-state index is 5.61. The van der Waals surface area contributed by atoms with Crippen LogP contribution in [-0.4, -0.2) is 17.6 Å². The van der Waals surface area contributed by atoms with Crippen molar-refractivity contribution in [2.75, 3.05) is 12.3 Å². The molecule has 1 heterocycles. The fourth-order valence-corrected chi connectivity index (χ4v) is 3.03. The molecule has 2 aliphatic carbocycles. The highest BCUT2D eigenvalue weighted by Gasteiger charge is 2.40. The zero-order chi connectivity index (χ0) is 11.0. The molecule has 0 saturated heterocycles. The van der Waals surface area contributed by atoms with E-state index in [1.54, 1.807) is 0 Å². The maximum absolute atomic E-state index is 5.61. The molecule has 2 aliphatic rings. The molecule has 0 aliphatic heterocycles. The zero-order valence-corrected chi connectivity index (χ0v) is 10.3. The van der Waals surface area contributed by atoms with Gasteiger partial charge < -0.3 is 11.1 Å². The molecule has 3 nitrogen and oxygen atoms in total. The molecule has 88 valence electrons. The molecule has 0 spiro atoms. The van der Waals surface area contributed by atoms with E-state index in [1.807, 2.05) is 0 Å². The SMILES string of the molecule is Nc1nc(CCNC(C2CC2)C2CC2)cs1. The van der Waals surface area contributed by atoms with E-state index in [0.29, 0.717) is 5.13 Å². The monoisotopic (exact) mass is 237 g/mol. The summed E-state index contributed by atoms with van der Waals surface area (Å²) in [4.78, 5) is 4.28. The van der Waals surface area contributed by atoms with E-state index in [2.05, 4.69) is 15.7 Å². The van der Waals surface area contributed by atoms with Crippen LogP contribution in [-0.2, 0) is 6.42 Å². The maximum Gasteiger partial charge on any atom is 0.180 e. The lowest BCUT2D eigenvalue weighted by Gasteiger charge is -2.16. The van der Waals surface area contributed by atoms with Crippen molar-refractivity contribution in [2.45, 2.75) is 38.1 Å². The van der Waals surface area contributed by atoms with Crippen LogP contribution < -0.4 is 11.1 Å². The molecule has 3 N–H and O–H groups in total. The third-order valence-electron chi connectivity index (χ3n) is 3.59. The van der Waals surface area contributed by atoms with Crippen LogP contribution in [0.25, 0.3) is 0 Å². The molecular weight excluding hydrogens is 218 g/mol. The number of thiazole rings is 1. The third-order valence-corrected chi connectivity index (χ3v) is 4.31. The molecule has 0 radical (unpaired) electrons. The predicted octanol–water partition coefficient (Wildman–Crippen LogP) is 2.05. The molecule has 16 heavy (non-hydrogen) atoms. The van der Waals surface area contributed by atoms with Gasteiger partial charge in [0, 0.05) is 24.4 Å². The van der Waals surface area contributed by atoms with E-state index in [-0.39, 0.29) is 0 Å². The number of anilines is 1. The van der Waals surface area contributed by atoms with Crippen molar-refractivity contribution in [3.63, 3.8) is 0 Å². The van der Waals surface area contributed by atoms with E-state index >= 15 is 0 Å². The molecule has 4 heteroatoms. The number of nitrogen functional groups attached to an aromatic ring is 1. The van der Waals surface area contributed by atoms with Crippen LogP contribution in [0.3, 0.4) is 0 Å². The van der Waals surface area contributed by atoms with Crippen molar-refractivity contribution in [1.82, 2.24) is 10.3 Å². The number of nitrogens with one attached hydrogen (secondary N) is 1. The van der Waals surface area contributed by atoms with Gasteiger partial charge in [-0.3, -0.25) is 0 Å². The summed E-state index contributed by atoms with van der Waals surface area (Å²) in [6.45, 7) is 1.06. The summed E-state index contributed by atoms with van der Waals surface area (Å²) in [6.07, 6.45) is 6.79. The van der Waals surface area contributed by atoms with Crippen LogP contribution in [0.15, 0.2) is 5.38 Å². The Morgan fingerprint density at radius 2 is 2.06 bits per heavy atom. The summed E-state index contributed by atoms with van der Waals surface area (Å²) in [5.74, 6) is 1.96. The van der Waals surface area contributed by atoms with Crippen molar-refractivity contribution in [3.05, 3.63) is 11.1 Å². The van der Waals surface area contributed by atoms with Gasteiger partial charge >= 0.3 is 0 Å².